The van der Waals surface area contributed by atoms with Crippen LogP contribution in [0, 0.1) is 10.8 Å². The van der Waals surface area contributed by atoms with E-state index in [2.05, 4.69) is 52.6 Å². The number of ether oxygens (including phenoxy) is 7. The first-order valence-electron chi connectivity index (χ1n) is 14.0. The summed E-state index contributed by atoms with van der Waals surface area (Å²) in [6, 6.07) is 0. The normalized spacial score (nSPS) is 10.4. The highest BCUT2D eigenvalue weighted by Gasteiger charge is 2.33. The van der Waals surface area contributed by atoms with E-state index < -0.39 is 22.8 Å². The number of hydrogen-bond donors (Lipinski definition) is 2. The van der Waals surface area contributed by atoms with Crippen molar-refractivity contribution >= 4 is 11.9 Å². The minimum atomic E-state index is -0.981. The second-order valence-corrected chi connectivity index (χ2v) is 9.34. The number of carboxylic acids is 1. The minimum absolute atomic E-state index is 0.0710. The third-order valence-corrected chi connectivity index (χ3v) is 5.06. The average Bonchev–Trinajstić information content (AvgIpc) is 3.04. The smallest absolute Gasteiger partial charge is 0.330 e. The largest absolute Gasteiger partial charge is 0.478 e. The van der Waals surface area contributed by atoms with Crippen LogP contribution in [0.3, 0.4) is 0 Å². The predicted molar refractivity (Wildman–Crippen MR) is 177 cm³/mol. The van der Waals surface area contributed by atoms with Gasteiger partial charge < -0.3 is 43.4 Å². The maximum absolute atomic E-state index is 11.3. The fraction of sp³-hybridized carbons (Fsp3) is 0.471. The Morgan fingerprint density at radius 3 is 0.956 bits per heavy atom. The lowest BCUT2D eigenvalue weighted by Gasteiger charge is -2.32. The van der Waals surface area contributed by atoms with Gasteiger partial charge in [0, 0.05) is 12.2 Å². The molecule has 0 aromatic heterocycles. The lowest BCUT2D eigenvalue weighted by atomic mass is 9.92. The molecule has 0 bridgehead atoms. The van der Waals surface area contributed by atoms with Crippen molar-refractivity contribution < 1.29 is 53.0 Å². The van der Waals surface area contributed by atoms with Gasteiger partial charge in [-0.05, 0) is 0 Å². The van der Waals surface area contributed by atoms with Crippen molar-refractivity contribution in [3.63, 3.8) is 0 Å². The Hall–Kier alpha value is -3.42. The van der Waals surface area contributed by atoms with Crippen molar-refractivity contribution in [2.75, 3.05) is 92.5 Å². The number of carbonyl (C=O) groups excluding carboxylic acids is 1. The molecule has 11 heteroatoms. The van der Waals surface area contributed by atoms with Gasteiger partial charge in [0.2, 0.25) is 0 Å². The van der Waals surface area contributed by atoms with Gasteiger partial charge in [-0.1, -0.05) is 49.6 Å². The van der Waals surface area contributed by atoms with E-state index in [1.54, 1.807) is 36.5 Å². The molecule has 0 aromatic carbocycles. The number of aliphatic hydroxyl groups is 1. The first-order valence-corrected chi connectivity index (χ1v) is 14.0. The monoisotopic (exact) mass is 638 g/mol. The molecule has 0 saturated carbocycles. The molecule has 0 spiro atoms. The minimum Gasteiger partial charge on any atom is -0.478 e. The Morgan fingerprint density at radius 1 is 0.489 bits per heavy atom. The van der Waals surface area contributed by atoms with Crippen LogP contribution in [-0.2, 0) is 42.7 Å². The van der Waals surface area contributed by atoms with Crippen LogP contribution in [-0.4, -0.2) is 115 Å². The van der Waals surface area contributed by atoms with Gasteiger partial charge in [0.05, 0.1) is 96.7 Å². The molecule has 0 radical (unpaired) electrons. The number of rotatable bonds is 29. The summed E-state index contributed by atoms with van der Waals surface area (Å²) in [6.45, 7) is 32.4. The van der Waals surface area contributed by atoms with E-state index in [0.717, 1.165) is 12.2 Å². The zero-order valence-electron chi connectivity index (χ0n) is 26.7. The van der Waals surface area contributed by atoms with Gasteiger partial charge in [0.25, 0.3) is 0 Å². The second-order valence-electron chi connectivity index (χ2n) is 9.34. The summed E-state index contributed by atoms with van der Waals surface area (Å²) in [5.41, 5.74) is -1.18. The van der Waals surface area contributed by atoms with E-state index in [1.165, 1.54) is 0 Å². The molecule has 0 heterocycles. The van der Waals surface area contributed by atoms with E-state index in [1.807, 2.05) is 0 Å². The molecule has 256 valence electrons. The zero-order valence-corrected chi connectivity index (χ0v) is 26.7. The maximum Gasteiger partial charge on any atom is 0.330 e. The zero-order chi connectivity index (χ0) is 34.7. The molecule has 0 amide bonds. The Bertz CT molecular complexity index is 779. The Morgan fingerprint density at radius 2 is 0.756 bits per heavy atom. The number of carbonyl (C=O) groups is 2. The molecule has 0 aliphatic carbocycles. The lowest BCUT2D eigenvalue weighted by Crippen LogP contribution is -2.42. The third kappa shape index (κ3) is 29.1. The molecule has 11 nitrogen and oxygen atoms in total. The first-order chi connectivity index (χ1) is 21.6. The summed E-state index contributed by atoms with van der Waals surface area (Å²) in [7, 11) is 0. The topological polar surface area (TPSA) is 139 Å². The fourth-order valence-corrected chi connectivity index (χ4v) is 2.95. The molecule has 45 heavy (non-hydrogen) atoms. The fourth-order valence-electron chi connectivity index (χ4n) is 2.95. The van der Waals surface area contributed by atoms with Crippen molar-refractivity contribution in [2.24, 2.45) is 10.8 Å². The quantitative estimate of drug-likeness (QED) is 0.0529. The molecule has 2 N–H and O–H groups in total. The van der Waals surface area contributed by atoms with E-state index in [4.69, 9.17) is 38.3 Å². The molecule has 0 aromatic rings. The van der Waals surface area contributed by atoms with Crippen molar-refractivity contribution in [1.29, 1.82) is 0 Å². The number of hydrogen-bond acceptors (Lipinski definition) is 10. The van der Waals surface area contributed by atoms with Crippen LogP contribution in [0.25, 0.3) is 0 Å². The van der Waals surface area contributed by atoms with Crippen LogP contribution in [0.1, 0.15) is 0 Å². The van der Waals surface area contributed by atoms with Crippen molar-refractivity contribution in [3.05, 3.63) is 101 Å². The molecule has 0 rings (SSSR count). The van der Waals surface area contributed by atoms with Crippen LogP contribution in [0.15, 0.2) is 101 Å². The van der Waals surface area contributed by atoms with Gasteiger partial charge in [-0.3, -0.25) is 0 Å². The summed E-state index contributed by atoms with van der Waals surface area (Å²) in [5, 5.41) is 17.2. The molecule has 0 fully saturated rings. The maximum atomic E-state index is 11.3. The standard InChI is InChI=1S/C17H26O5.C14H24O4.C3H4O2/c1-5-9-19-12-17(13-20-10-6-2,14-21-11-7-3)15-22-16(18)8-4;1-4-7-16-11-14(10-15,12-17-8-5-2)13-18-9-6-3;1-2-3(4)5/h5-8H,1-4,9-15H2;4-6,15H,1-3,7-13H2;2H,1H2,(H,4,5). The molecule has 0 aliphatic heterocycles. The van der Waals surface area contributed by atoms with Crippen molar-refractivity contribution in [1.82, 2.24) is 0 Å². The van der Waals surface area contributed by atoms with Crippen molar-refractivity contribution in [2.45, 2.75) is 0 Å². The first kappa shape index (κ1) is 46.0. The number of carboxylic acid groups (broad SMARTS) is 1. The molecule has 0 atom stereocenters. The van der Waals surface area contributed by atoms with E-state index >= 15 is 0 Å². The summed E-state index contributed by atoms with van der Waals surface area (Å²) in [4.78, 5) is 20.6. The molecule has 0 aliphatic rings. The van der Waals surface area contributed by atoms with Crippen molar-refractivity contribution in [3.8, 4) is 0 Å². The van der Waals surface area contributed by atoms with E-state index in [-0.39, 0.29) is 13.2 Å². The summed E-state index contributed by atoms with van der Waals surface area (Å²) in [6.07, 6.45) is 11.9. The van der Waals surface area contributed by atoms with Gasteiger partial charge >= 0.3 is 11.9 Å². The summed E-state index contributed by atoms with van der Waals surface area (Å²) < 4.78 is 38.0. The second kappa shape index (κ2) is 33.5. The molecular formula is C34H54O11. The number of aliphatic carboxylic acids is 1. The third-order valence-electron chi connectivity index (χ3n) is 5.06. The predicted octanol–water partition coefficient (Wildman–Crippen LogP) is 4.14. The average molecular weight is 639 g/mol. The van der Waals surface area contributed by atoms with Crippen LogP contribution in [0.5, 0.6) is 0 Å². The van der Waals surface area contributed by atoms with Crippen LogP contribution in [0.4, 0.5) is 0 Å². The van der Waals surface area contributed by atoms with E-state index in [9.17, 15) is 14.7 Å². The number of esters is 1. The highest BCUT2D eigenvalue weighted by Crippen LogP contribution is 2.21. The van der Waals surface area contributed by atoms with Crippen LogP contribution < -0.4 is 0 Å². The molecule has 0 unspecified atom stereocenters. The Labute approximate surface area is 269 Å². The van der Waals surface area contributed by atoms with Gasteiger partial charge in [-0.2, -0.15) is 0 Å². The van der Waals surface area contributed by atoms with Crippen LogP contribution >= 0.6 is 0 Å². The van der Waals surface area contributed by atoms with Gasteiger partial charge in [0.1, 0.15) is 6.61 Å². The molecular weight excluding hydrogens is 584 g/mol. The van der Waals surface area contributed by atoms with Gasteiger partial charge in [-0.15, -0.1) is 39.5 Å². The Kier molecular flexibility index (Phi) is 34.2. The highest BCUT2D eigenvalue weighted by molar-refractivity contribution is 5.81. The summed E-state index contributed by atoms with van der Waals surface area (Å²) >= 11 is 0. The Balaban J connectivity index is -0.000000690. The van der Waals surface area contributed by atoms with Gasteiger partial charge in [0.15, 0.2) is 0 Å². The van der Waals surface area contributed by atoms with Crippen LogP contribution in [0.2, 0.25) is 0 Å². The van der Waals surface area contributed by atoms with Gasteiger partial charge in [-0.25, -0.2) is 9.59 Å². The lowest BCUT2D eigenvalue weighted by molar-refractivity contribution is -0.149. The number of aliphatic hydroxyl groups excluding tert-OH is 1. The summed E-state index contributed by atoms with van der Waals surface area (Å²) in [5.74, 6) is -1.48. The highest BCUT2D eigenvalue weighted by atomic mass is 16.5. The SMILES string of the molecule is C=CC(=O)O.C=CCOCC(CO)(COCC=C)COCC=C.C=CCOCC(COCC=C)(COCC=C)COC(=O)C=C. The molecule has 0 saturated heterocycles. The van der Waals surface area contributed by atoms with E-state index in [0.29, 0.717) is 79.3 Å².